The van der Waals surface area contributed by atoms with E-state index < -0.39 is 11.6 Å². The van der Waals surface area contributed by atoms with Gasteiger partial charge in [-0.3, -0.25) is 15.2 Å². The number of carbonyl (C=O) groups excluding carboxylic acids is 1. The van der Waals surface area contributed by atoms with E-state index in [9.17, 15) is 10.1 Å². The first-order chi connectivity index (χ1) is 17.9. The van der Waals surface area contributed by atoms with E-state index in [0.717, 1.165) is 50.4 Å². The monoisotopic (exact) mass is 531 g/mol. The van der Waals surface area contributed by atoms with Gasteiger partial charge in [0.1, 0.15) is 11.1 Å². The Balaban J connectivity index is 1.07. The first-order valence-electron chi connectivity index (χ1n) is 13.7. The lowest BCUT2D eigenvalue weighted by Gasteiger charge is -2.60. The molecule has 0 unspecified atom stereocenters. The van der Waals surface area contributed by atoms with Gasteiger partial charge in [-0.15, -0.1) is 0 Å². The van der Waals surface area contributed by atoms with Crippen LogP contribution in [0, 0.1) is 40.9 Å². The van der Waals surface area contributed by atoms with Gasteiger partial charge in [-0.05, 0) is 63.2 Å². The molecule has 1 amide bonds. The van der Waals surface area contributed by atoms with Crippen LogP contribution in [0.2, 0.25) is 5.02 Å². The first-order valence-corrected chi connectivity index (χ1v) is 14.1. The van der Waals surface area contributed by atoms with Gasteiger partial charge in [-0.25, -0.2) is 4.98 Å². The second-order valence-electron chi connectivity index (χ2n) is 11.5. The van der Waals surface area contributed by atoms with Crippen molar-refractivity contribution in [3.05, 3.63) is 17.0 Å². The average molecular weight is 532 g/mol. The van der Waals surface area contributed by atoms with Crippen molar-refractivity contribution in [2.45, 2.75) is 89.1 Å². The van der Waals surface area contributed by atoms with E-state index in [0.29, 0.717) is 49.9 Å². The van der Waals surface area contributed by atoms with Crippen molar-refractivity contribution in [2.24, 2.45) is 29.6 Å². The minimum atomic E-state index is -0.976. The van der Waals surface area contributed by atoms with Crippen LogP contribution in [0.5, 0.6) is 0 Å². The second-order valence-corrected chi connectivity index (χ2v) is 11.9. The number of hydrazine groups is 1. The third kappa shape index (κ3) is 4.59. The Morgan fingerprint density at radius 2 is 1.78 bits per heavy atom. The zero-order valence-corrected chi connectivity index (χ0v) is 21.9. The minimum Gasteiger partial charge on any atom is -0.273 e. The number of unbranched alkanes of at least 4 members (excludes halogenated alkanes) is 1. The molecule has 1 aliphatic heterocycles. The topological polar surface area (TPSA) is 119 Å². The number of rotatable bonds is 6. The Morgan fingerprint density at radius 1 is 1.14 bits per heavy atom. The Morgan fingerprint density at radius 3 is 2.38 bits per heavy atom. The third-order valence-corrected chi connectivity index (χ3v) is 9.37. The van der Waals surface area contributed by atoms with Crippen molar-refractivity contribution in [1.82, 2.24) is 15.4 Å². The summed E-state index contributed by atoms with van der Waals surface area (Å²) >= 11 is 6.31. The lowest BCUT2D eigenvalue weighted by atomic mass is 9.53. The van der Waals surface area contributed by atoms with Gasteiger partial charge in [0.15, 0.2) is 5.82 Å². The average Bonchev–Trinajstić information content (AvgIpc) is 2.91. The number of halogens is 1. The summed E-state index contributed by atoms with van der Waals surface area (Å²) in [5, 5.41) is 11.1. The number of nitrogens with zero attached hydrogens (tertiary/aromatic N) is 4. The Kier molecular flexibility index (Phi) is 6.78. The van der Waals surface area contributed by atoms with Crippen LogP contribution in [0.3, 0.4) is 0 Å². The zero-order chi connectivity index (χ0) is 25.6. The van der Waals surface area contributed by atoms with Gasteiger partial charge in [0, 0.05) is 37.1 Å². The molecular formula is C26H34ClN5O5. The summed E-state index contributed by atoms with van der Waals surface area (Å²) < 4.78 is 0. The Bertz CT molecular complexity index is 1030. The number of aromatic nitrogens is 2. The number of hydrogen-bond acceptors (Lipinski definition) is 9. The van der Waals surface area contributed by atoms with Crippen molar-refractivity contribution >= 4 is 23.3 Å². The van der Waals surface area contributed by atoms with Gasteiger partial charge >= 0.3 is 0 Å². The molecular weight excluding hydrogens is 498 g/mol. The molecule has 0 aromatic carbocycles. The maximum absolute atomic E-state index is 13.2. The number of amides is 1. The van der Waals surface area contributed by atoms with Crippen molar-refractivity contribution in [1.29, 1.82) is 5.26 Å². The zero-order valence-electron chi connectivity index (χ0n) is 21.2. The van der Waals surface area contributed by atoms with E-state index in [2.05, 4.69) is 22.3 Å². The van der Waals surface area contributed by atoms with Gasteiger partial charge in [0.05, 0.1) is 6.20 Å². The maximum atomic E-state index is 13.2. The molecule has 0 atom stereocenters. The second kappa shape index (κ2) is 9.93. The molecule has 1 aromatic heterocycles. The smallest absolute Gasteiger partial charge is 0.241 e. The van der Waals surface area contributed by atoms with E-state index in [-0.39, 0.29) is 22.7 Å². The standard InChI is InChI=1S/C26H34ClN5O5/c1-2-3-8-32(23-21(27)15-29-22(14-28)30-23)31-24(33)18-4-6-25(7-5-18)34-36-26(37-35-25)19-10-16-9-17(12-19)13-20(26)11-16/h15-20H,2-13H2,1H3,(H,31,33). The molecule has 6 fully saturated rings. The van der Waals surface area contributed by atoms with E-state index >= 15 is 0 Å². The molecule has 2 heterocycles. The van der Waals surface area contributed by atoms with E-state index in [1.165, 1.54) is 12.6 Å². The lowest BCUT2D eigenvalue weighted by Crippen LogP contribution is -2.64. The summed E-state index contributed by atoms with van der Waals surface area (Å²) in [6, 6.07) is 1.92. The van der Waals surface area contributed by atoms with Gasteiger partial charge in [-0.1, -0.05) is 24.9 Å². The number of carbonyl (C=O) groups is 1. The van der Waals surface area contributed by atoms with Gasteiger partial charge < -0.3 is 0 Å². The van der Waals surface area contributed by atoms with Crippen molar-refractivity contribution in [3.63, 3.8) is 0 Å². The molecule has 0 radical (unpaired) electrons. The SMILES string of the molecule is CCCCN(NC(=O)C1CCC2(CC1)OOC1(OO2)C2CC3CC(C2)CC1C3)c1nc(C#N)ncc1Cl. The normalized spacial score (nSPS) is 38.0. The van der Waals surface area contributed by atoms with Crippen LogP contribution in [0.15, 0.2) is 6.20 Å². The number of anilines is 1. The summed E-state index contributed by atoms with van der Waals surface area (Å²) in [6.07, 6.45) is 11.0. The first kappa shape index (κ1) is 25.3. The predicted octanol–water partition coefficient (Wildman–Crippen LogP) is 4.59. The summed E-state index contributed by atoms with van der Waals surface area (Å²) in [7, 11) is 0. The maximum Gasteiger partial charge on any atom is 0.241 e. The molecule has 2 spiro atoms. The highest BCUT2D eigenvalue weighted by Gasteiger charge is 2.64. The quantitative estimate of drug-likeness (QED) is 0.415. The van der Waals surface area contributed by atoms with Crippen molar-refractivity contribution in [3.8, 4) is 6.07 Å². The summed E-state index contributed by atoms with van der Waals surface area (Å²) in [5.41, 5.74) is 2.97. The van der Waals surface area contributed by atoms with Gasteiger partial charge in [0.25, 0.3) is 0 Å². The molecule has 1 N–H and O–H groups in total. The molecule has 1 saturated heterocycles. The predicted molar refractivity (Wildman–Crippen MR) is 131 cm³/mol. The van der Waals surface area contributed by atoms with Crippen molar-refractivity contribution < 1.29 is 24.3 Å². The van der Waals surface area contributed by atoms with Crippen LogP contribution >= 0.6 is 11.6 Å². The number of hydrogen-bond donors (Lipinski definition) is 1. The van der Waals surface area contributed by atoms with Gasteiger partial charge in [-0.2, -0.15) is 29.8 Å². The van der Waals surface area contributed by atoms with Crippen LogP contribution in [-0.4, -0.2) is 34.0 Å². The van der Waals surface area contributed by atoms with Crippen LogP contribution in [0.25, 0.3) is 0 Å². The molecule has 10 nitrogen and oxygen atoms in total. The summed E-state index contributed by atoms with van der Waals surface area (Å²) in [4.78, 5) is 45.6. The number of nitrogens with one attached hydrogen (secondary N) is 1. The molecule has 5 aliphatic carbocycles. The summed E-state index contributed by atoms with van der Waals surface area (Å²) in [5.74, 6) is 0.422. The third-order valence-electron chi connectivity index (χ3n) is 9.10. The molecule has 6 aliphatic rings. The molecule has 4 bridgehead atoms. The highest BCUT2D eigenvalue weighted by Crippen LogP contribution is 2.61. The van der Waals surface area contributed by atoms with Crippen molar-refractivity contribution in [2.75, 3.05) is 11.6 Å². The number of nitriles is 1. The fourth-order valence-electron chi connectivity index (χ4n) is 7.27. The summed E-state index contributed by atoms with van der Waals surface area (Å²) in [6.45, 7) is 2.57. The highest BCUT2D eigenvalue weighted by atomic mass is 35.5. The van der Waals surface area contributed by atoms with Crippen LogP contribution in [-0.2, 0) is 24.3 Å². The van der Waals surface area contributed by atoms with Crippen LogP contribution in [0.1, 0.15) is 83.4 Å². The van der Waals surface area contributed by atoms with Gasteiger partial charge in [0.2, 0.25) is 23.3 Å². The molecule has 11 heteroatoms. The van der Waals surface area contributed by atoms with E-state index in [1.807, 2.05) is 6.07 Å². The van der Waals surface area contributed by atoms with Crippen LogP contribution in [0.4, 0.5) is 5.82 Å². The molecule has 5 saturated carbocycles. The molecule has 37 heavy (non-hydrogen) atoms. The highest BCUT2D eigenvalue weighted by molar-refractivity contribution is 6.32. The molecule has 200 valence electrons. The molecule has 7 rings (SSSR count). The van der Waals surface area contributed by atoms with E-state index in [1.54, 1.807) is 5.01 Å². The molecule has 1 aromatic rings. The fourth-order valence-corrected chi connectivity index (χ4v) is 7.46. The lowest BCUT2D eigenvalue weighted by molar-refractivity contribution is -0.680. The van der Waals surface area contributed by atoms with E-state index in [4.69, 9.17) is 31.2 Å². The Hall–Kier alpha value is -2.03. The van der Waals surface area contributed by atoms with Crippen LogP contribution < -0.4 is 10.4 Å². The largest absolute Gasteiger partial charge is 0.273 e. The fraction of sp³-hybridized carbons (Fsp3) is 0.769. The Labute approximate surface area is 221 Å². The minimum absolute atomic E-state index is 0.00161.